The fourth-order valence-corrected chi connectivity index (χ4v) is 3.20. The molecule has 1 saturated carbocycles. The van der Waals surface area contributed by atoms with Crippen LogP contribution in [0.5, 0.6) is 0 Å². The Hall–Kier alpha value is -1.49. The van der Waals surface area contributed by atoms with Gasteiger partial charge in [-0.25, -0.2) is 4.79 Å². The summed E-state index contributed by atoms with van der Waals surface area (Å²) in [5.74, 6) is 0. The molecule has 0 aliphatic heterocycles. The summed E-state index contributed by atoms with van der Waals surface area (Å²) >= 11 is 0.859. The molecule has 2 amide bonds. The topological polar surface area (TPSA) is 49.4 Å². The van der Waals surface area contributed by atoms with Crippen molar-refractivity contribution >= 4 is 23.1 Å². The first-order valence-corrected chi connectivity index (χ1v) is 8.20. The molecule has 21 heavy (non-hydrogen) atoms. The minimum atomic E-state index is -0.187. The van der Waals surface area contributed by atoms with Crippen molar-refractivity contribution in [3.63, 3.8) is 0 Å². The molecule has 1 aliphatic rings. The van der Waals surface area contributed by atoms with E-state index in [1.54, 1.807) is 11.0 Å². The van der Waals surface area contributed by atoms with Crippen LogP contribution in [0.4, 0.5) is 4.79 Å². The molecule has 1 aliphatic carbocycles. The summed E-state index contributed by atoms with van der Waals surface area (Å²) in [5.41, 5.74) is 1.65. The summed E-state index contributed by atoms with van der Waals surface area (Å²) in [7, 11) is 1.81. The van der Waals surface area contributed by atoms with Crippen molar-refractivity contribution in [2.45, 2.75) is 45.1 Å². The van der Waals surface area contributed by atoms with Gasteiger partial charge in [0.25, 0.3) is 0 Å². The molecule has 0 atom stereocenters. The zero-order valence-electron chi connectivity index (χ0n) is 12.6. The first-order valence-electron chi connectivity index (χ1n) is 7.38. The Balaban J connectivity index is 1.84. The van der Waals surface area contributed by atoms with Crippen molar-refractivity contribution in [2.24, 2.45) is 0 Å². The van der Waals surface area contributed by atoms with Gasteiger partial charge in [-0.1, -0.05) is 43.0 Å². The Bertz CT molecular complexity index is 513. The highest BCUT2D eigenvalue weighted by molar-refractivity contribution is 8.12. The molecular formula is C16H22N2O2S. The predicted molar refractivity (Wildman–Crippen MR) is 86.3 cm³/mol. The number of urea groups is 1. The Labute approximate surface area is 130 Å². The van der Waals surface area contributed by atoms with Crippen LogP contribution in [0.1, 0.15) is 48.0 Å². The minimum Gasteiger partial charge on any atom is -0.324 e. The molecule has 0 heterocycles. The van der Waals surface area contributed by atoms with Crippen molar-refractivity contribution in [1.82, 2.24) is 9.62 Å². The highest BCUT2D eigenvalue weighted by atomic mass is 32.2. The molecule has 0 radical (unpaired) electrons. The van der Waals surface area contributed by atoms with Crippen LogP contribution < -0.4 is 4.72 Å². The third-order valence-electron chi connectivity index (χ3n) is 3.93. The Kier molecular flexibility index (Phi) is 5.67. The largest absolute Gasteiger partial charge is 0.327 e. The number of amides is 2. The fraction of sp³-hybridized carbons (Fsp3) is 0.500. The van der Waals surface area contributed by atoms with E-state index in [9.17, 15) is 9.59 Å². The maximum Gasteiger partial charge on any atom is 0.327 e. The number of hydrogen-bond acceptors (Lipinski definition) is 3. The number of benzene rings is 1. The molecule has 5 heteroatoms. The van der Waals surface area contributed by atoms with E-state index in [0.717, 1.165) is 30.4 Å². The normalized spacial score (nSPS) is 15.5. The van der Waals surface area contributed by atoms with Crippen LogP contribution in [0.25, 0.3) is 0 Å². The summed E-state index contributed by atoms with van der Waals surface area (Å²) in [6.07, 6.45) is 5.72. The second-order valence-electron chi connectivity index (χ2n) is 5.57. The van der Waals surface area contributed by atoms with Gasteiger partial charge in [-0.2, -0.15) is 0 Å². The highest BCUT2D eigenvalue weighted by Gasteiger charge is 2.22. The number of rotatable bonds is 2. The second-order valence-corrected chi connectivity index (χ2v) is 6.35. The van der Waals surface area contributed by atoms with Crippen molar-refractivity contribution in [2.75, 3.05) is 7.05 Å². The molecule has 0 saturated heterocycles. The van der Waals surface area contributed by atoms with E-state index < -0.39 is 0 Å². The highest BCUT2D eigenvalue weighted by Crippen LogP contribution is 2.22. The molecule has 1 fully saturated rings. The number of hydrogen-bond donors (Lipinski definition) is 1. The van der Waals surface area contributed by atoms with Gasteiger partial charge in [-0.3, -0.25) is 9.52 Å². The van der Waals surface area contributed by atoms with E-state index in [-0.39, 0.29) is 11.1 Å². The summed E-state index contributed by atoms with van der Waals surface area (Å²) in [5, 5.41) is -0.135. The fourth-order valence-electron chi connectivity index (χ4n) is 2.63. The lowest BCUT2D eigenvalue weighted by Crippen LogP contribution is -2.42. The van der Waals surface area contributed by atoms with Crippen molar-refractivity contribution < 1.29 is 9.59 Å². The Morgan fingerprint density at radius 3 is 2.62 bits per heavy atom. The van der Waals surface area contributed by atoms with Gasteiger partial charge < -0.3 is 4.90 Å². The van der Waals surface area contributed by atoms with Crippen molar-refractivity contribution in [1.29, 1.82) is 0 Å². The maximum absolute atomic E-state index is 12.1. The average Bonchev–Trinajstić information content (AvgIpc) is 2.52. The quantitative estimate of drug-likeness (QED) is 0.846. The molecular weight excluding hydrogens is 284 g/mol. The van der Waals surface area contributed by atoms with Gasteiger partial charge >= 0.3 is 6.03 Å². The number of aryl methyl sites for hydroxylation is 1. The number of nitrogens with one attached hydrogen (secondary N) is 1. The van der Waals surface area contributed by atoms with Gasteiger partial charge in [0.15, 0.2) is 0 Å². The van der Waals surface area contributed by atoms with E-state index in [2.05, 4.69) is 4.72 Å². The van der Waals surface area contributed by atoms with E-state index in [1.807, 2.05) is 32.2 Å². The molecule has 1 aromatic rings. The van der Waals surface area contributed by atoms with E-state index >= 15 is 0 Å². The SMILES string of the molecule is Cc1cccc(C(=O)SNC(=O)N(C)C2CCCCC2)c1. The standard InChI is InChI=1S/C16H22N2O2S/c1-12-7-6-8-13(11-12)15(19)21-17-16(20)18(2)14-9-4-3-5-10-14/h6-8,11,14H,3-5,9-10H2,1-2H3,(H,17,20). The minimum absolute atomic E-state index is 0.135. The Morgan fingerprint density at radius 1 is 1.24 bits per heavy atom. The average molecular weight is 306 g/mol. The molecule has 0 bridgehead atoms. The van der Waals surface area contributed by atoms with E-state index in [0.29, 0.717) is 11.6 Å². The van der Waals surface area contributed by atoms with Crippen LogP contribution in [-0.4, -0.2) is 29.1 Å². The summed E-state index contributed by atoms with van der Waals surface area (Å²) in [4.78, 5) is 25.8. The van der Waals surface area contributed by atoms with E-state index in [1.165, 1.54) is 19.3 Å². The first-order chi connectivity index (χ1) is 10.1. The number of nitrogens with zero attached hydrogens (tertiary/aromatic N) is 1. The maximum atomic E-state index is 12.1. The molecule has 2 rings (SSSR count). The second kappa shape index (κ2) is 7.50. The lowest BCUT2D eigenvalue weighted by atomic mass is 9.95. The van der Waals surface area contributed by atoms with Crippen LogP contribution in [0.15, 0.2) is 24.3 Å². The van der Waals surface area contributed by atoms with Gasteiger partial charge in [0.1, 0.15) is 0 Å². The van der Waals surface area contributed by atoms with Gasteiger partial charge in [0, 0.05) is 30.6 Å². The van der Waals surface area contributed by atoms with Gasteiger partial charge in [0.05, 0.1) is 0 Å². The molecule has 0 spiro atoms. The summed E-state index contributed by atoms with van der Waals surface area (Å²) in [6, 6.07) is 7.49. The summed E-state index contributed by atoms with van der Waals surface area (Å²) < 4.78 is 2.65. The number of carbonyl (C=O) groups is 2. The lowest BCUT2D eigenvalue weighted by Gasteiger charge is -2.30. The van der Waals surface area contributed by atoms with E-state index in [4.69, 9.17) is 0 Å². The van der Waals surface area contributed by atoms with Crippen molar-refractivity contribution in [3.8, 4) is 0 Å². The third-order valence-corrected chi connectivity index (χ3v) is 4.63. The van der Waals surface area contributed by atoms with Gasteiger partial charge in [0.2, 0.25) is 5.12 Å². The van der Waals surface area contributed by atoms with Crippen molar-refractivity contribution in [3.05, 3.63) is 35.4 Å². The third kappa shape index (κ3) is 4.49. The molecule has 0 unspecified atom stereocenters. The summed E-state index contributed by atoms with van der Waals surface area (Å²) in [6.45, 7) is 1.94. The first kappa shape index (κ1) is 15.9. The molecule has 1 aromatic carbocycles. The molecule has 4 nitrogen and oxygen atoms in total. The monoisotopic (exact) mass is 306 g/mol. The van der Waals surface area contributed by atoms with Crippen LogP contribution in [-0.2, 0) is 0 Å². The van der Waals surface area contributed by atoms with Gasteiger partial charge in [-0.05, 0) is 25.8 Å². The molecule has 0 aromatic heterocycles. The molecule has 114 valence electrons. The Morgan fingerprint density at radius 2 is 1.95 bits per heavy atom. The molecule has 1 N–H and O–H groups in total. The zero-order chi connectivity index (χ0) is 15.2. The van der Waals surface area contributed by atoms with Crippen LogP contribution in [0, 0.1) is 6.92 Å². The van der Waals surface area contributed by atoms with Crippen LogP contribution in [0.2, 0.25) is 0 Å². The van der Waals surface area contributed by atoms with Crippen LogP contribution in [0.3, 0.4) is 0 Å². The number of carbonyl (C=O) groups excluding carboxylic acids is 2. The predicted octanol–water partition coefficient (Wildman–Crippen LogP) is 3.76. The van der Waals surface area contributed by atoms with Gasteiger partial charge in [-0.15, -0.1) is 0 Å². The smallest absolute Gasteiger partial charge is 0.324 e. The van der Waals surface area contributed by atoms with Crippen LogP contribution >= 0.6 is 11.9 Å². The lowest BCUT2D eigenvalue weighted by molar-refractivity contribution is 0.108. The zero-order valence-corrected chi connectivity index (χ0v) is 13.4.